The van der Waals surface area contributed by atoms with Gasteiger partial charge < -0.3 is 19.4 Å². The second-order valence-electron chi connectivity index (χ2n) is 8.23. The molecule has 1 aliphatic rings. The fraction of sp³-hybridized carbons (Fsp3) is 0.455. The molecule has 0 unspecified atom stereocenters. The van der Waals surface area contributed by atoms with Gasteiger partial charge in [0.05, 0.1) is 0 Å². The molecule has 1 aromatic carbocycles. The van der Waals surface area contributed by atoms with Crippen molar-refractivity contribution in [2.75, 3.05) is 13.1 Å². The fourth-order valence-corrected chi connectivity index (χ4v) is 3.84. The predicted octanol–water partition coefficient (Wildman–Crippen LogP) is 4.83. The van der Waals surface area contributed by atoms with Crippen molar-refractivity contribution in [1.29, 1.82) is 0 Å². The van der Waals surface area contributed by atoms with Crippen molar-refractivity contribution >= 4 is 22.0 Å². The summed E-state index contributed by atoms with van der Waals surface area (Å²) < 4.78 is 11.9. The monoisotopic (exact) mass is 462 g/mol. The lowest BCUT2D eigenvalue weighted by Crippen LogP contribution is -2.41. The minimum absolute atomic E-state index is 0.188. The van der Waals surface area contributed by atoms with Crippen LogP contribution in [0.2, 0.25) is 0 Å². The minimum Gasteiger partial charge on any atom is -0.487 e. The average Bonchev–Trinajstić information content (AvgIpc) is 2.69. The van der Waals surface area contributed by atoms with Crippen molar-refractivity contribution < 1.29 is 14.3 Å². The number of halogens is 1. The van der Waals surface area contributed by atoms with E-state index in [2.05, 4.69) is 20.9 Å². The molecule has 1 aromatic heterocycles. The van der Waals surface area contributed by atoms with E-state index in [1.54, 1.807) is 11.1 Å². The smallest absolute Gasteiger partial charge is 0.410 e. The highest BCUT2D eigenvalue weighted by atomic mass is 79.9. The van der Waals surface area contributed by atoms with E-state index < -0.39 is 5.60 Å². The van der Waals surface area contributed by atoms with E-state index in [1.807, 2.05) is 51.1 Å². The van der Waals surface area contributed by atoms with Crippen LogP contribution in [0.4, 0.5) is 4.79 Å². The number of aromatic amines is 1. The molecule has 3 rings (SSSR count). The van der Waals surface area contributed by atoms with Gasteiger partial charge in [0.1, 0.15) is 22.4 Å². The van der Waals surface area contributed by atoms with Gasteiger partial charge in [-0.3, -0.25) is 4.79 Å². The Morgan fingerprint density at radius 2 is 1.86 bits per heavy atom. The van der Waals surface area contributed by atoms with Gasteiger partial charge in [-0.05, 0) is 61.0 Å². The Bertz CT molecular complexity index is 897. The quantitative estimate of drug-likeness (QED) is 0.705. The lowest BCUT2D eigenvalue weighted by Gasteiger charge is -2.34. The fourth-order valence-electron chi connectivity index (χ4n) is 3.38. The summed E-state index contributed by atoms with van der Waals surface area (Å²) in [6.45, 7) is 7.19. The highest BCUT2D eigenvalue weighted by Crippen LogP contribution is 2.37. The number of likely N-dealkylation sites (tertiary alicyclic amines) is 1. The first-order valence-electron chi connectivity index (χ1n) is 9.80. The molecule has 0 spiro atoms. The third-order valence-electron chi connectivity index (χ3n) is 4.83. The molecule has 6 nitrogen and oxygen atoms in total. The molecule has 2 heterocycles. The highest BCUT2D eigenvalue weighted by molar-refractivity contribution is 9.10. The molecule has 0 atom stereocenters. The maximum absolute atomic E-state index is 12.3. The molecule has 0 radical (unpaired) electrons. The Labute approximate surface area is 179 Å². The summed E-state index contributed by atoms with van der Waals surface area (Å²) in [6, 6.07) is 9.84. The first kappa shape index (κ1) is 21.4. The standard InChI is InChI=1S/C22H27BrN2O4/c1-22(2,3)29-21(27)25-11-9-16(10-12-25)17-13-24-20(26)18(23)19(17)28-14-15-7-5-4-6-8-15/h4-8,13,16H,9-12,14H2,1-3H3,(H,24,26). The van der Waals surface area contributed by atoms with Crippen molar-refractivity contribution in [1.82, 2.24) is 9.88 Å². The number of amides is 1. The second kappa shape index (κ2) is 9.03. The maximum atomic E-state index is 12.3. The largest absolute Gasteiger partial charge is 0.487 e. The first-order valence-corrected chi connectivity index (χ1v) is 10.6. The van der Waals surface area contributed by atoms with Gasteiger partial charge in [-0.2, -0.15) is 0 Å². The van der Waals surface area contributed by atoms with Crippen LogP contribution in [0.15, 0.2) is 45.8 Å². The van der Waals surface area contributed by atoms with Crippen LogP contribution >= 0.6 is 15.9 Å². The third kappa shape index (κ3) is 5.63. The summed E-state index contributed by atoms with van der Waals surface area (Å²) in [5, 5.41) is 0. The van der Waals surface area contributed by atoms with E-state index in [4.69, 9.17) is 9.47 Å². The van der Waals surface area contributed by atoms with Gasteiger partial charge in [0.15, 0.2) is 0 Å². The number of carbonyl (C=O) groups excluding carboxylic acids is 1. The Morgan fingerprint density at radius 1 is 1.21 bits per heavy atom. The Morgan fingerprint density at radius 3 is 2.48 bits per heavy atom. The topological polar surface area (TPSA) is 71.6 Å². The van der Waals surface area contributed by atoms with Crippen molar-refractivity contribution in [3.05, 3.63) is 62.5 Å². The normalized spacial score (nSPS) is 15.2. The predicted molar refractivity (Wildman–Crippen MR) is 115 cm³/mol. The van der Waals surface area contributed by atoms with Crippen molar-refractivity contribution in [3.63, 3.8) is 0 Å². The van der Waals surface area contributed by atoms with Crippen LogP contribution in [0.25, 0.3) is 0 Å². The number of nitrogens with one attached hydrogen (secondary N) is 1. The zero-order valence-electron chi connectivity index (χ0n) is 17.0. The molecular weight excluding hydrogens is 436 g/mol. The molecule has 1 aliphatic heterocycles. The van der Waals surface area contributed by atoms with Crippen LogP contribution in [0.3, 0.4) is 0 Å². The number of piperidine rings is 1. The molecule has 1 fully saturated rings. The summed E-state index contributed by atoms with van der Waals surface area (Å²) in [5.41, 5.74) is 1.26. The van der Waals surface area contributed by atoms with Crippen molar-refractivity contribution in [3.8, 4) is 5.75 Å². The summed E-state index contributed by atoms with van der Waals surface area (Å²) in [4.78, 5) is 28.9. The number of rotatable bonds is 4. The van der Waals surface area contributed by atoms with E-state index >= 15 is 0 Å². The van der Waals surface area contributed by atoms with E-state index in [1.165, 1.54) is 0 Å². The lowest BCUT2D eigenvalue weighted by atomic mass is 9.90. The molecule has 29 heavy (non-hydrogen) atoms. The number of H-pyrrole nitrogens is 1. The van der Waals surface area contributed by atoms with Gasteiger partial charge in [0.2, 0.25) is 0 Å². The van der Waals surface area contributed by atoms with Gasteiger partial charge in [-0.25, -0.2) is 4.79 Å². The molecule has 0 saturated carbocycles. The molecule has 1 N–H and O–H groups in total. The molecule has 2 aromatic rings. The average molecular weight is 463 g/mol. The lowest BCUT2D eigenvalue weighted by molar-refractivity contribution is 0.0204. The van der Waals surface area contributed by atoms with Crippen LogP contribution < -0.4 is 10.3 Å². The number of benzene rings is 1. The zero-order chi connectivity index (χ0) is 21.0. The van der Waals surface area contributed by atoms with Crippen LogP contribution in [0.1, 0.15) is 50.7 Å². The van der Waals surface area contributed by atoms with E-state index in [-0.39, 0.29) is 17.6 Å². The Kier molecular flexibility index (Phi) is 6.67. The molecule has 7 heteroatoms. The van der Waals surface area contributed by atoms with Gasteiger partial charge in [0, 0.05) is 24.8 Å². The summed E-state index contributed by atoms with van der Waals surface area (Å²) >= 11 is 3.39. The van der Waals surface area contributed by atoms with E-state index in [0.717, 1.165) is 24.0 Å². The third-order valence-corrected chi connectivity index (χ3v) is 5.55. The Hall–Kier alpha value is -2.28. The van der Waals surface area contributed by atoms with Gasteiger partial charge in [-0.15, -0.1) is 0 Å². The molecular formula is C22H27BrN2O4. The highest BCUT2D eigenvalue weighted by Gasteiger charge is 2.29. The van der Waals surface area contributed by atoms with E-state index in [9.17, 15) is 9.59 Å². The van der Waals surface area contributed by atoms with Gasteiger partial charge in [-0.1, -0.05) is 30.3 Å². The number of carbonyl (C=O) groups is 1. The number of aromatic nitrogens is 1. The number of hydrogen-bond acceptors (Lipinski definition) is 4. The molecule has 1 saturated heterocycles. The van der Waals surface area contributed by atoms with Crippen molar-refractivity contribution in [2.45, 2.75) is 51.7 Å². The summed E-state index contributed by atoms with van der Waals surface area (Å²) in [6.07, 6.45) is 3.01. The number of pyridine rings is 1. The molecule has 156 valence electrons. The number of ether oxygens (including phenoxy) is 2. The zero-order valence-corrected chi connectivity index (χ0v) is 18.6. The van der Waals surface area contributed by atoms with Crippen LogP contribution in [-0.2, 0) is 11.3 Å². The molecule has 0 bridgehead atoms. The number of nitrogens with zero attached hydrogens (tertiary/aromatic N) is 1. The van der Waals surface area contributed by atoms with Crippen LogP contribution in [-0.4, -0.2) is 34.7 Å². The second-order valence-corrected chi connectivity index (χ2v) is 9.03. The van der Waals surface area contributed by atoms with Crippen LogP contribution in [0.5, 0.6) is 5.75 Å². The van der Waals surface area contributed by atoms with Crippen molar-refractivity contribution in [2.24, 2.45) is 0 Å². The van der Waals surface area contributed by atoms with E-state index in [0.29, 0.717) is 29.9 Å². The number of hydrogen-bond donors (Lipinski definition) is 1. The molecule has 0 aliphatic carbocycles. The van der Waals surface area contributed by atoms with Crippen LogP contribution in [0, 0.1) is 0 Å². The maximum Gasteiger partial charge on any atom is 0.410 e. The Balaban J connectivity index is 1.72. The summed E-state index contributed by atoms with van der Waals surface area (Å²) in [7, 11) is 0. The SMILES string of the molecule is CC(C)(C)OC(=O)N1CCC(c2c[nH]c(=O)c(Br)c2OCc2ccccc2)CC1. The minimum atomic E-state index is -0.504. The van der Waals surface area contributed by atoms with Gasteiger partial charge in [0.25, 0.3) is 5.56 Å². The first-order chi connectivity index (χ1) is 13.7. The molecule has 1 amide bonds. The van der Waals surface area contributed by atoms with Gasteiger partial charge >= 0.3 is 6.09 Å². The summed E-state index contributed by atoms with van der Waals surface area (Å²) in [5.74, 6) is 0.765.